The number of benzene rings is 2. The normalized spacial score (nSPS) is 17.8. The Morgan fingerprint density at radius 1 is 1.00 bits per heavy atom. The maximum absolute atomic E-state index is 13.1. The van der Waals surface area contributed by atoms with Gasteiger partial charge in [-0.05, 0) is 35.7 Å². The Balaban J connectivity index is 1.62. The molecule has 1 saturated heterocycles. The number of carbonyl (C=O) groups excluding carboxylic acids is 2. The molecule has 0 bridgehead atoms. The molecule has 1 aliphatic heterocycles. The van der Waals surface area contributed by atoms with Gasteiger partial charge in [0, 0.05) is 12.1 Å². The molecule has 10 heteroatoms. The third kappa shape index (κ3) is 4.87. The summed E-state index contributed by atoms with van der Waals surface area (Å²) in [4.78, 5) is 26.9. The first kappa shape index (κ1) is 21.3. The molecule has 1 atom stereocenters. The topological polar surface area (TPSA) is 95.9 Å². The standard InChI is InChI=1S/C21H17N3O4S3/c25-18(22-15-8-3-1-4-9-15)14-17-20(26)24(16-10-5-2-6-11-16)21(30-17)23-31(27,28)19-12-7-13-29-19/h1-13,17H,14H2,(H,22,25)/t17-/m0/s1. The highest BCUT2D eigenvalue weighted by molar-refractivity contribution is 8.16. The quantitative estimate of drug-likeness (QED) is 0.587. The van der Waals surface area contributed by atoms with Crippen molar-refractivity contribution in [2.75, 3.05) is 10.2 Å². The molecule has 1 N–H and O–H groups in total. The van der Waals surface area contributed by atoms with Crippen LogP contribution in [0.4, 0.5) is 11.4 Å². The first-order chi connectivity index (χ1) is 14.9. The number of rotatable bonds is 6. The monoisotopic (exact) mass is 471 g/mol. The lowest BCUT2D eigenvalue weighted by atomic mass is 10.2. The summed E-state index contributed by atoms with van der Waals surface area (Å²) in [7, 11) is -3.97. The fraction of sp³-hybridized carbons (Fsp3) is 0.0952. The summed E-state index contributed by atoms with van der Waals surface area (Å²) in [6, 6.07) is 20.7. The second-order valence-corrected chi connectivity index (χ2v) is 10.5. The summed E-state index contributed by atoms with van der Waals surface area (Å²) in [5, 5.41) is 3.63. The number of amidine groups is 1. The van der Waals surface area contributed by atoms with E-state index in [-0.39, 0.29) is 27.6 Å². The van der Waals surface area contributed by atoms with Crippen molar-refractivity contribution in [1.82, 2.24) is 0 Å². The fourth-order valence-electron chi connectivity index (χ4n) is 2.93. The number of anilines is 2. The molecule has 1 fully saturated rings. The molecule has 0 saturated carbocycles. The molecular weight excluding hydrogens is 454 g/mol. The molecule has 7 nitrogen and oxygen atoms in total. The van der Waals surface area contributed by atoms with E-state index in [4.69, 9.17) is 0 Å². The van der Waals surface area contributed by atoms with E-state index in [1.54, 1.807) is 66.0 Å². The van der Waals surface area contributed by atoms with E-state index in [1.807, 2.05) is 6.07 Å². The SMILES string of the molecule is O=C(C[C@@H]1SC(=NS(=O)(=O)c2cccs2)N(c2ccccc2)C1=O)Nc1ccccc1. The van der Waals surface area contributed by atoms with Crippen LogP contribution in [0.2, 0.25) is 0 Å². The number of hydrogen-bond acceptors (Lipinski definition) is 6. The van der Waals surface area contributed by atoms with Gasteiger partial charge in [0.25, 0.3) is 10.0 Å². The summed E-state index contributed by atoms with van der Waals surface area (Å²) < 4.78 is 29.4. The molecule has 0 aliphatic carbocycles. The van der Waals surface area contributed by atoms with Crippen molar-refractivity contribution in [3.8, 4) is 0 Å². The Bertz CT molecular complexity index is 1210. The van der Waals surface area contributed by atoms with Gasteiger partial charge in [-0.3, -0.25) is 14.5 Å². The van der Waals surface area contributed by atoms with E-state index in [0.29, 0.717) is 11.4 Å². The largest absolute Gasteiger partial charge is 0.326 e. The molecule has 1 aliphatic rings. The third-order valence-corrected chi connectivity index (χ3v) is 8.22. The van der Waals surface area contributed by atoms with E-state index in [9.17, 15) is 18.0 Å². The second-order valence-electron chi connectivity index (χ2n) is 6.52. The van der Waals surface area contributed by atoms with Crippen LogP contribution in [0.5, 0.6) is 0 Å². The van der Waals surface area contributed by atoms with Crippen LogP contribution in [0, 0.1) is 0 Å². The summed E-state index contributed by atoms with van der Waals surface area (Å²) in [5.41, 5.74) is 1.11. The van der Waals surface area contributed by atoms with Gasteiger partial charge in [-0.15, -0.1) is 15.7 Å². The minimum atomic E-state index is -3.97. The van der Waals surface area contributed by atoms with Crippen LogP contribution in [-0.2, 0) is 19.6 Å². The number of hydrogen-bond donors (Lipinski definition) is 1. The summed E-state index contributed by atoms with van der Waals surface area (Å²) in [5.74, 6) is -0.730. The number of carbonyl (C=O) groups is 2. The average molecular weight is 472 g/mol. The zero-order valence-electron chi connectivity index (χ0n) is 16.0. The number of nitrogens with zero attached hydrogens (tertiary/aromatic N) is 2. The van der Waals surface area contributed by atoms with Gasteiger partial charge in [0.2, 0.25) is 11.8 Å². The molecule has 0 radical (unpaired) electrons. The Morgan fingerprint density at radius 3 is 2.32 bits per heavy atom. The number of para-hydroxylation sites is 2. The van der Waals surface area contributed by atoms with E-state index in [1.165, 1.54) is 11.0 Å². The maximum Gasteiger partial charge on any atom is 0.294 e. The van der Waals surface area contributed by atoms with Gasteiger partial charge in [0.1, 0.15) is 9.46 Å². The highest BCUT2D eigenvalue weighted by Crippen LogP contribution is 2.35. The first-order valence-corrected chi connectivity index (χ1v) is 12.4. The smallest absolute Gasteiger partial charge is 0.294 e. The zero-order chi connectivity index (χ0) is 21.8. The lowest BCUT2D eigenvalue weighted by molar-refractivity contribution is -0.121. The van der Waals surface area contributed by atoms with E-state index in [2.05, 4.69) is 9.71 Å². The lowest BCUT2D eigenvalue weighted by Gasteiger charge is -2.16. The molecule has 1 aromatic heterocycles. The van der Waals surface area contributed by atoms with Crippen LogP contribution in [0.15, 0.2) is 86.8 Å². The highest BCUT2D eigenvalue weighted by Gasteiger charge is 2.41. The van der Waals surface area contributed by atoms with Gasteiger partial charge < -0.3 is 5.32 Å². The molecule has 2 aromatic carbocycles. The number of nitrogens with one attached hydrogen (secondary N) is 1. The second kappa shape index (κ2) is 9.04. The Labute approximate surface area is 187 Å². The van der Waals surface area contributed by atoms with Crippen molar-refractivity contribution < 1.29 is 18.0 Å². The molecule has 2 amide bonds. The van der Waals surface area contributed by atoms with Crippen LogP contribution in [-0.4, -0.2) is 30.6 Å². The lowest BCUT2D eigenvalue weighted by Crippen LogP contribution is -2.33. The third-order valence-electron chi connectivity index (χ3n) is 4.33. The first-order valence-electron chi connectivity index (χ1n) is 9.23. The summed E-state index contributed by atoms with van der Waals surface area (Å²) in [6.45, 7) is 0. The molecule has 2 heterocycles. The predicted molar refractivity (Wildman–Crippen MR) is 124 cm³/mol. The van der Waals surface area contributed by atoms with Gasteiger partial charge in [-0.25, -0.2) is 0 Å². The van der Waals surface area contributed by atoms with Gasteiger partial charge in [-0.1, -0.05) is 54.2 Å². The number of amides is 2. The minimum absolute atomic E-state index is 0.0297. The van der Waals surface area contributed by atoms with Crippen molar-refractivity contribution in [2.24, 2.45) is 4.40 Å². The van der Waals surface area contributed by atoms with Gasteiger partial charge in [0.15, 0.2) is 5.17 Å². The molecule has 0 spiro atoms. The van der Waals surface area contributed by atoms with E-state index >= 15 is 0 Å². The molecule has 31 heavy (non-hydrogen) atoms. The molecular formula is C21H17N3O4S3. The summed E-state index contributed by atoms with van der Waals surface area (Å²) >= 11 is 2.03. The number of thiophene rings is 1. The summed E-state index contributed by atoms with van der Waals surface area (Å²) in [6.07, 6.45) is -0.111. The van der Waals surface area contributed by atoms with Gasteiger partial charge in [-0.2, -0.15) is 8.42 Å². The number of sulfonamides is 1. The van der Waals surface area contributed by atoms with Crippen molar-refractivity contribution in [1.29, 1.82) is 0 Å². The molecule has 4 rings (SSSR count). The van der Waals surface area contributed by atoms with Crippen molar-refractivity contribution >= 4 is 61.5 Å². The highest BCUT2D eigenvalue weighted by atomic mass is 32.2. The Morgan fingerprint density at radius 2 is 1.68 bits per heavy atom. The van der Waals surface area contributed by atoms with Crippen LogP contribution in [0.25, 0.3) is 0 Å². The van der Waals surface area contributed by atoms with Crippen LogP contribution < -0.4 is 10.2 Å². The van der Waals surface area contributed by atoms with Crippen LogP contribution in [0.3, 0.4) is 0 Å². The fourth-order valence-corrected chi connectivity index (χ4v) is 6.24. The predicted octanol–water partition coefficient (Wildman–Crippen LogP) is 3.97. The molecule has 3 aromatic rings. The van der Waals surface area contributed by atoms with Crippen LogP contribution >= 0.6 is 23.1 Å². The minimum Gasteiger partial charge on any atom is -0.326 e. The van der Waals surface area contributed by atoms with E-state index < -0.39 is 15.3 Å². The maximum atomic E-state index is 13.1. The van der Waals surface area contributed by atoms with Crippen LogP contribution in [0.1, 0.15) is 6.42 Å². The molecule has 158 valence electrons. The molecule has 0 unspecified atom stereocenters. The Hall–Kier alpha value is -2.95. The zero-order valence-corrected chi connectivity index (χ0v) is 18.5. The Kier molecular flexibility index (Phi) is 6.21. The van der Waals surface area contributed by atoms with Crippen molar-refractivity contribution in [2.45, 2.75) is 15.9 Å². The van der Waals surface area contributed by atoms with Crippen molar-refractivity contribution in [3.63, 3.8) is 0 Å². The van der Waals surface area contributed by atoms with Crippen molar-refractivity contribution in [3.05, 3.63) is 78.2 Å². The average Bonchev–Trinajstić information content (AvgIpc) is 3.39. The van der Waals surface area contributed by atoms with Gasteiger partial charge in [0.05, 0.1) is 5.69 Å². The number of thioether (sulfide) groups is 1. The van der Waals surface area contributed by atoms with Gasteiger partial charge >= 0.3 is 0 Å². The van der Waals surface area contributed by atoms with E-state index in [0.717, 1.165) is 23.1 Å².